The Morgan fingerprint density at radius 2 is 1.78 bits per heavy atom. The lowest BCUT2D eigenvalue weighted by Crippen LogP contribution is -2.13. The van der Waals surface area contributed by atoms with E-state index in [0.717, 1.165) is 12.0 Å². The zero-order valence-corrected chi connectivity index (χ0v) is 11.3. The minimum absolute atomic E-state index is 0.00392. The maximum atomic E-state index is 6.14. The van der Waals surface area contributed by atoms with Crippen molar-refractivity contribution in [1.82, 2.24) is 0 Å². The van der Waals surface area contributed by atoms with Crippen molar-refractivity contribution < 1.29 is 4.42 Å². The van der Waals surface area contributed by atoms with E-state index >= 15 is 0 Å². The van der Waals surface area contributed by atoms with Gasteiger partial charge >= 0.3 is 0 Å². The molecule has 18 heavy (non-hydrogen) atoms. The Morgan fingerprint density at radius 1 is 1.11 bits per heavy atom. The van der Waals surface area contributed by atoms with Crippen LogP contribution in [0.15, 0.2) is 47.3 Å². The molecule has 1 aromatic heterocycles. The SMILES string of the molecule is CC(C)(C)c1ccc(CC(N)c2ccoc2)cc1. The van der Waals surface area contributed by atoms with Gasteiger partial charge in [-0.15, -0.1) is 0 Å². The molecular formula is C16H21NO. The first-order chi connectivity index (χ1) is 8.47. The van der Waals surface area contributed by atoms with Crippen LogP contribution in [0.25, 0.3) is 0 Å². The first-order valence-corrected chi connectivity index (χ1v) is 6.34. The van der Waals surface area contributed by atoms with Crippen molar-refractivity contribution in [3.63, 3.8) is 0 Å². The highest BCUT2D eigenvalue weighted by Gasteiger charge is 2.13. The fourth-order valence-corrected chi connectivity index (χ4v) is 2.00. The van der Waals surface area contributed by atoms with Gasteiger partial charge in [-0.05, 0) is 29.0 Å². The summed E-state index contributed by atoms with van der Waals surface area (Å²) in [4.78, 5) is 0. The molecule has 0 fully saturated rings. The molecule has 2 nitrogen and oxygen atoms in total. The van der Waals surface area contributed by atoms with Gasteiger partial charge in [0.2, 0.25) is 0 Å². The van der Waals surface area contributed by atoms with Crippen molar-refractivity contribution >= 4 is 0 Å². The van der Waals surface area contributed by atoms with Crippen LogP contribution < -0.4 is 5.73 Å². The smallest absolute Gasteiger partial charge is 0.0950 e. The lowest BCUT2D eigenvalue weighted by molar-refractivity contribution is 0.558. The van der Waals surface area contributed by atoms with Crippen molar-refractivity contribution in [2.24, 2.45) is 5.73 Å². The van der Waals surface area contributed by atoms with Gasteiger partial charge in [0.05, 0.1) is 12.5 Å². The average molecular weight is 243 g/mol. The minimum atomic E-state index is 0.00392. The van der Waals surface area contributed by atoms with Crippen molar-refractivity contribution in [2.75, 3.05) is 0 Å². The monoisotopic (exact) mass is 243 g/mol. The molecule has 0 radical (unpaired) electrons. The van der Waals surface area contributed by atoms with Crippen LogP contribution in [0, 0.1) is 0 Å². The van der Waals surface area contributed by atoms with Gasteiger partial charge in [-0.2, -0.15) is 0 Å². The van der Waals surface area contributed by atoms with E-state index in [2.05, 4.69) is 45.0 Å². The highest BCUT2D eigenvalue weighted by atomic mass is 16.3. The summed E-state index contributed by atoms with van der Waals surface area (Å²) < 4.78 is 5.06. The number of nitrogens with two attached hydrogens (primary N) is 1. The van der Waals surface area contributed by atoms with Crippen LogP contribution in [-0.2, 0) is 11.8 Å². The fourth-order valence-electron chi connectivity index (χ4n) is 2.00. The fraction of sp³-hybridized carbons (Fsp3) is 0.375. The van der Waals surface area contributed by atoms with Crippen LogP contribution in [-0.4, -0.2) is 0 Å². The Hall–Kier alpha value is -1.54. The molecule has 0 aliphatic heterocycles. The van der Waals surface area contributed by atoms with Crippen molar-refractivity contribution in [3.8, 4) is 0 Å². The Bertz CT molecular complexity index is 477. The second-order valence-electron chi connectivity index (χ2n) is 5.81. The predicted molar refractivity (Wildman–Crippen MR) is 74.5 cm³/mol. The van der Waals surface area contributed by atoms with E-state index in [-0.39, 0.29) is 11.5 Å². The van der Waals surface area contributed by atoms with E-state index in [1.807, 2.05) is 6.07 Å². The molecule has 0 saturated heterocycles. The summed E-state index contributed by atoms with van der Waals surface area (Å²) in [5.41, 5.74) is 10.00. The summed E-state index contributed by atoms with van der Waals surface area (Å²) in [7, 11) is 0. The van der Waals surface area contributed by atoms with Crippen LogP contribution >= 0.6 is 0 Å². The maximum Gasteiger partial charge on any atom is 0.0950 e. The Morgan fingerprint density at radius 3 is 2.28 bits per heavy atom. The van der Waals surface area contributed by atoms with Crippen LogP contribution in [0.1, 0.15) is 43.5 Å². The summed E-state index contributed by atoms with van der Waals surface area (Å²) in [6.45, 7) is 6.66. The first kappa shape index (κ1) is 12.9. The van der Waals surface area contributed by atoms with Gasteiger partial charge in [-0.3, -0.25) is 0 Å². The van der Waals surface area contributed by atoms with Gasteiger partial charge in [0, 0.05) is 11.6 Å². The summed E-state index contributed by atoms with van der Waals surface area (Å²) in [6.07, 6.45) is 4.22. The summed E-state index contributed by atoms with van der Waals surface area (Å²) in [5.74, 6) is 0. The lowest BCUT2D eigenvalue weighted by atomic mass is 9.86. The molecule has 96 valence electrons. The van der Waals surface area contributed by atoms with E-state index < -0.39 is 0 Å². The summed E-state index contributed by atoms with van der Waals surface area (Å²) in [5, 5.41) is 0. The molecule has 2 N–H and O–H groups in total. The number of hydrogen-bond donors (Lipinski definition) is 1. The predicted octanol–water partition coefficient (Wildman–Crippen LogP) is 3.82. The molecular weight excluding hydrogens is 222 g/mol. The Kier molecular flexibility index (Phi) is 3.58. The van der Waals surface area contributed by atoms with Gasteiger partial charge in [0.25, 0.3) is 0 Å². The number of hydrogen-bond acceptors (Lipinski definition) is 2. The van der Waals surface area contributed by atoms with Gasteiger partial charge in [-0.25, -0.2) is 0 Å². The van der Waals surface area contributed by atoms with E-state index in [0.29, 0.717) is 0 Å². The van der Waals surface area contributed by atoms with Crippen LogP contribution in [0.2, 0.25) is 0 Å². The molecule has 1 heterocycles. The molecule has 1 atom stereocenters. The van der Waals surface area contributed by atoms with E-state index in [1.54, 1.807) is 12.5 Å². The molecule has 1 aromatic carbocycles. The summed E-state index contributed by atoms with van der Waals surface area (Å²) >= 11 is 0. The first-order valence-electron chi connectivity index (χ1n) is 6.34. The number of benzene rings is 1. The highest BCUT2D eigenvalue weighted by Crippen LogP contribution is 2.23. The highest BCUT2D eigenvalue weighted by molar-refractivity contribution is 5.28. The van der Waals surface area contributed by atoms with Crippen molar-refractivity contribution in [2.45, 2.75) is 38.6 Å². The number of furan rings is 1. The summed E-state index contributed by atoms with van der Waals surface area (Å²) in [6, 6.07) is 10.6. The zero-order valence-electron chi connectivity index (χ0n) is 11.3. The standard InChI is InChI=1S/C16H21NO/c1-16(2,3)14-6-4-12(5-7-14)10-15(17)13-8-9-18-11-13/h4-9,11,15H,10,17H2,1-3H3. The average Bonchev–Trinajstić information content (AvgIpc) is 2.82. The molecule has 2 aromatic rings. The molecule has 1 unspecified atom stereocenters. The quantitative estimate of drug-likeness (QED) is 0.890. The molecule has 0 aliphatic rings. The molecule has 0 bridgehead atoms. The Balaban J connectivity index is 2.07. The lowest BCUT2D eigenvalue weighted by Gasteiger charge is -2.19. The largest absolute Gasteiger partial charge is 0.472 e. The topological polar surface area (TPSA) is 39.2 Å². The third-order valence-corrected chi connectivity index (χ3v) is 3.25. The Labute approximate surface area is 109 Å². The van der Waals surface area contributed by atoms with Crippen LogP contribution in [0.3, 0.4) is 0 Å². The van der Waals surface area contributed by atoms with Crippen molar-refractivity contribution in [3.05, 3.63) is 59.5 Å². The maximum absolute atomic E-state index is 6.14. The zero-order chi connectivity index (χ0) is 13.2. The molecule has 0 aliphatic carbocycles. The third-order valence-electron chi connectivity index (χ3n) is 3.25. The molecule has 0 spiro atoms. The van der Waals surface area contributed by atoms with Crippen LogP contribution in [0.5, 0.6) is 0 Å². The van der Waals surface area contributed by atoms with E-state index in [4.69, 9.17) is 10.2 Å². The molecule has 0 amide bonds. The number of rotatable bonds is 3. The van der Waals surface area contributed by atoms with Gasteiger partial charge in [0.15, 0.2) is 0 Å². The van der Waals surface area contributed by atoms with E-state index in [1.165, 1.54) is 11.1 Å². The molecule has 2 rings (SSSR count). The van der Waals surface area contributed by atoms with Crippen molar-refractivity contribution in [1.29, 1.82) is 0 Å². The third kappa shape index (κ3) is 3.02. The van der Waals surface area contributed by atoms with Gasteiger partial charge < -0.3 is 10.2 Å². The minimum Gasteiger partial charge on any atom is -0.472 e. The van der Waals surface area contributed by atoms with E-state index in [9.17, 15) is 0 Å². The second-order valence-corrected chi connectivity index (χ2v) is 5.81. The normalized spacial score (nSPS) is 13.6. The molecule has 0 saturated carbocycles. The molecule has 2 heteroatoms. The van der Waals surface area contributed by atoms with Gasteiger partial charge in [-0.1, -0.05) is 45.0 Å². The second kappa shape index (κ2) is 4.99. The van der Waals surface area contributed by atoms with Crippen LogP contribution in [0.4, 0.5) is 0 Å². The van der Waals surface area contributed by atoms with Gasteiger partial charge in [0.1, 0.15) is 0 Å².